The van der Waals surface area contributed by atoms with Crippen LogP contribution in [0.25, 0.3) is 0 Å². The van der Waals surface area contributed by atoms with Crippen molar-refractivity contribution in [3.63, 3.8) is 0 Å². The first-order valence-electron chi connectivity index (χ1n) is 5.99. The molecule has 0 amide bonds. The molecule has 0 saturated heterocycles. The molecule has 4 nitrogen and oxygen atoms in total. The van der Waals surface area contributed by atoms with Gasteiger partial charge >= 0.3 is 0 Å². The minimum absolute atomic E-state index is 0.183. The minimum Gasteiger partial charge on any atom is -0.496 e. The number of hydrogen-bond acceptors (Lipinski definition) is 4. The molecule has 0 aromatic heterocycles. The first-order chi connectivity index (χ1) is 9.79. The van der Waals surface area contributed by atoms with Gasteiger partial charge in [0.1, 0.15) is 5.75 Å². The number of hydrogen-bond donors (Lipinski definition) is 1. The van der Waals surface area contributed by atoms with Gasteiger partial charge in [-0.15, -0.1) is 0 Å². The van der Waals surface area contributed by atoms with E-state index >= 15 is 0 Å². The van der Waals surface area contributed by atoms with Gasteiger partial charge in [-0.25, -0.2) is 0 Å². The highest BCUT2D eigenvalue weighted by Gasteiger charge is 1.99. The summed E-state index contributed by atoms with van der Waals surface area (Å²) in [6, 6.07) is 17.0. The van der Waals surface area contributed by atoms with Crippen LogP contribution in [-0.4, -0.2) is 18.5 Å². The second-order valence-electron chi connectivity index (χ2n) is 3.85. The Morgan fingerprint density at radius 1 is 1.10 bits per heavy atom. The molecule has 0 aliphatic rings. The molecular formula is C15H14N2O2S. The van der Waals surface area contributed by atoms with Gasteiger partial charge in [-0.1, -0.05) is 35.5 Å². The van der Waals surface area contributed by atoms with Gasteiger partial charge in [-0.05, 0) is 36.5 Å². The smallest absolute Gasteiger partial charge is 0.293 e. The predicted molar refractivity (Wildman–Crippen MR) is 84.3 cm³/mol. The maximum Gasteiger partial charge on any atom is 0.293 e. The molecule has 0 heterocycles. The van der Waals surface area contributed by atoms with E-state index < -0.39 is 0 Å². The highest BCUT2D eigenvalue weighted by atomic mass is 32.1. The van der Waals surface area contributed by atoms with Gasteiger partial charge in [0.2, 0.25) is 0 Å². The molecule has 2 aromatic carbocycles. The van der Waals surface area contributed by atoms with E-state index in [0.717, 1.165) is 17.0 Å². The number of nitrogens with zero attached hydrogens (tertiary/aromatic N) is 1. The molecule has 1 N–H and O–H groups in total. The molecule has 0 saturated carbocycles. The van der Waals surface area contributed by atoms with Crippen molar-refractivity contribution in [2.45, 2.75) is 0 Å². The summed E-state index contributed by atoms with van der Waals surface area (Å²) in [5.74, 6) is 0.724. The number of rotatable bonds is 4. The zero-order chi connectivity index (χ0) is 14.2. The Morgan fingerprint density at radius 3 is 2.55 bits per heavy atom. The molecular weight excluding hydrogens is 272 g/mol. The second-order valence-corrected chi connectivity index (χ2v) is 4.22. The third-order valence-corrected chi connectivity index (χ3v) is 2.66. The first kappa shape index (κ1) is 14.0. The lowest BCUT2D eigenvalue weighted by atomic mass is 10.2. The Morgan fingerprint density at radius 2 is 1.80 bits per heavy atom. The normalized spacial score (nSPS) is 10.2. The topological polar surface area (TPSA) is 42.9 Å². The highest BCUT2D eigenvalue weighted by Crippen LogP contribution is 2.14. The van der Waals surface area contributed by atoms with Crippen molar-refractivity contribution < 1.29 is 9.57 Å². The van der Waals surface area contributed by atoms with E-state index in [1.807, 2.05) is 54.6 Å². The number of para-hydroxylation sites is 2. The molecule has 5 heteroatoms. The number of oxime groups is 1. The number of nitrogens with one attached hydrogen (secondary N) is 1. The summed E-state index contributed by atoms with van der Waals surface area (Å²) >= 11 is 5.03. The van der Waals surface area contributed by atoms with Crippen LogP contribution >= 0.6 is 12.2 Å². The van der Waals surface area contributed by atoms with E-state index in [0.29, 0.717) is 0 Å². The zero-order valence-corrected chi connectivity index (χ0v) is 11.8. The standard InChI is InChI=1S/C15H14N2O2S/c1-18-14-10-6-5-7-12(14)11-16-19-15(20)17-13-8-3-2-4-9-13/h2-11H,1H3,(H,17,20)/b16-11+. The van der Waals surface area contributed by atoms with Crippen LogP contribution in [0.15, 0.2) is 59.8 Å². The molecule has 0 fully saturated rings. The minimum atomic E-state index is 0.183. The average molecular weight is 286 g/mol. The maximum atomic E-state index is 5.20. The molecule has 102 valence electrons. The Bertz CT molecular complexity index is 600. The summed E-state index contributed by atoms with van der Waals surface area (Å²) in [4.78, 5) is 5.08. The van der Waals surface area contributed by atoms with Crippen LogP contribution in [0.3, 0.4) is 0 Å². The third-order valence-electron chi connectivity index (χ3n) is 2.49. The fourth-order valence-electron chi connectivity index (χ4n) is 1.57. The summed E-state index contributed by atoms with van der Waals surface area (Å²) in [6.45, 7) is 0. The third kappa shape index (κ3) is 4.07. The fourth-order valence-corrected chi connectivity index (χ4v) is 1.73. The van der Waals surface area contributed by atoms with Crippen LogP contribution < -0.4 is 10.1 Å². The van der Waals surface area contributed by atoms with Crippen LogP contribution in [0, 0.1) is 0 Å². The van der Waals surface area contributed by atoms with Gasteiger partial charge < -0.3 is 14.9 Å². The van der Waals surface area contributed by atoms with Gasteiger partial charge in [0.05, 0.1) is 13.3 Å². The summed E-state index contributed by atoms with van der Waals surface area (Å²) in [7, 11) is 1.61. The molecule has 0 unspecified atom stereocenters. The Hall–Kier alpha value is -2.40. The zero-order valence-electron chi connectivity index (χ0n) is 10.9. The van der Waals surface area contributed by atoms with Crippen molar-refractivity contribution >= 4 is 29.3 Å². The summed E-state index contributed by atoms with van der Waals surface area (Å²) in [5, 5.41) is 6.94. The van der Waals surface area contributed by atoms with E-state index in [-0.39, 0.29) is 5.17 Å². The van der Waals surface area contributed by atoms with Crippen LogP contribution in [0.2, 0.25) is 0 Å². The van der Waals surface area contributed by atoms with E-state index in [9.17, 15) is 0 Å². The molecule has 0 radical (unpaired) electrons. The molecule has 0 aliphatic heterocycles. The van der Waals surface area contributed by atoms with Crippen LogP contribution in [-0.2, 0) is 4.84 Å². The monoisotopic (exact) mass is 286 g/mol. The van der Waals surface area contributed by atoms with Crippen molar-refractivity contribution in [3.8, 4) is 5.75 Å². The van der Waals surface area contributed by atoms with Gasteiger partial charge in [-0.3, -0.25) is 0 Å². The molecule has 20 heavy (non-hydrogen) atoms. The van der Waals surface area contributed by atoms with Crippen LogP contribution in [0.5, 0.6) is 5.75 Å². The van der Waals surface area contributed by atoms with E-state index in [1.165, 1.54) is 0 Å². The average Bonchev–Trinajstić information content (AvgIpc) is 2.49. The largest absolute Gasteiger partial charge is 0.496 e. The van der Waals surface area contributed by atoms with Crippen molar-refractivity contribution in [2.24, 2.45) is 5.16 Å². The van der Waals surface area contributed by atoms with E-state index in [4.69, 9.17) is 21.8 Å². The number of anilines is 1. The lowest BCUT2D eigenvalue weighted by Gasteiger charge is -2.05. The Labute approximate surface area is 123 Å². The lowest BCUT2D eigenvalue weighted by molar-refractivity contribution is 0.339. The quantitative estimate of drug-likeness (QED) is 0.531. The van der Waals surface area contributed by atoms with Crippen molar-refractivity contribution in [1.82, 2.24) is 0 Å². The van der Waals surface area contributed by atoms with E-state index in [2.05, 4.69) is 10.5 Å². The predicted octanol–water partition coefficient (Wildman–Crippen LogP) is 3.44. The number of methoxy groups -OCH3 is 1. The first-order valence-corrected chi connectivity index (χ1v) is 6.40. The van der Waals surface area contributed by atoms with Crippen LogP contribution in [0.4, 0.5) is 5.69 Å². The molecule has 0 atom stereocenters. The summed E-state index contributed by atoms with van der Waals surface area (Å²) in [6.07, 6.45) is 1.55. The van der Waals surface area contributed by atoms with Crippen molar-refractivity contribution in [3.05, 3.63) is 60.2 Å². The van der Waals surface area contributed by atoms with Gasteiger partial charge in [0, 0.05) is 11.3 Å². The van der Waals surface area contributed by atoms with Gasteiger partial charge in [0.25, 0.3) is 5.17 Å². The SMILES string of the molecule is COc1ccccc1/C=N/OC(=S)Nc1ccccc1. The Balaban J connectivity index is 1.91. The van der Waals surface area contributed by atoms with Crippen molar-refractivity contribution in [1.29, 1.82) is 0 Å². The number of ether oxygens (including phenoxy) is 1. The highest BCUT2D eigenvalue weighted by molar-refractivity contribution is 7.80. The van der Waals surface area contributed by atoms with Gasteiger partial charge in [-0.2, -0.15) is 0 Å². The summed E-state index contributed by atoms with van der Waals surface area (Å²) in [5.41, 5.74) is 1.67. The second kappa shape index (κ2) is 7.25. The summed E-state index contributed by atoms with van der Waals surface area (Å²) < 4.78 is 5.20. The molecule has 0 spiro atoms. The van der Waals surface area contributed by atoms with Gasteiger partial charge in [0.15, 0.2) is 0 Å². The Kier molecular flexibility index (Phi) is 5.08. The fraction of sp³-hybridized carbons (Fsp3) is 0.0667. The maximum absolute atomic E-state index is 5.20. The van der Waals surface area contributed by atoms with Crippen molar-refractivity contribution in [2.75, 3.05) is 12.4 Å². The van der Waals surface area contributed by atoms with Crippen LogP contribution in [0.1, 0.15) is 5.56 Å². The molecule has 2 rings (SSSR count). The van der Waals surface area contributed by atoms with E-state index in [1.54, 1.807) is 13.3 Å². The number of benzene rings is 2. The molecule has 0 aliphatic carbocycles. The number of thiocarbonyl (C=S) groups is 1. The molecule has 0 bridgehead atoms. The lowest BCUT2D eigenvalue weighted by Crippen LogP contribution is -2.10. The molecule has 2 aromatic rings.